The fourth-order valence-corrected chi connectivity index (χ4v) is 16.3. The maximum atomic E-state index is 2.90. The third-order valence-electron chi connectivity index (χ3n) is 16.9. The maximum absolute atomic E-state index is 2.90. The molecule has 0 bridgehead atoms. The van der Waals surface area contributed by atoms with Gasteiger partial charge in [-0.3, -0.25) is 4.90 Å². The third kappa shape index (κ3) is 1.68. The average molecular weight is 618 g/mol. The Balaban J connectivity index is 1.22. The Bertz CT molecular complexity index is 3370. The Hall–Kier alpha value is -4.72. The molecule has 49 heavy (non-hydrogen) atoms. The van der Waals surface area contributed by atoms with Crippen LogP contribution in [0.2, 0.25) is 0 Å². The van der Waals surface area contributed by atoms with Crippen LogP contribution in [0.25, 0.3) is 81.9 Å². The first-order chi connectivity index (χ1) is 24.2. The quantitative estimate of drug-likeness (QED) is 0.166. The summed E-state index contributed by atoms with van der Waals surface area (Å²) >= 11 is 0. The van der Waals surface area contributed by atoms with Crippen LogP contribution < -0.4 is 5.22 Å². The molecule has 0 amide bonds. The van der Waals surface area contributed by atoms with Crippen molar-refractivity contribution < 1.29 is 0 Å². The highest BCUT2D eigenvalue weighted by Gasteiger charge is 2.62. The molecule has 1 heteroatoms. The lowest BCUT2D eigenvalue weighted by molar-refractivity contribution is 0.303. The van der Waals surface area contributed by atoms with Gasteiger partial charge in [-0.1, -0.05) is 60.7 Å². The first-order valence-corrected chi connectivity index (χ1v) is 19.0. The number of likely N-dealkylation sites (tertiary alicyclic amines) is 1. The molecule has 1 saturated heterocycles. The van der Waals surface area contributed by atoms with Gasteiger partial charge in [-0.25, -0.2) is 0 Å². The van der Waals surface area contributed by atoms with Gasteiger partial charge in [0.25, 0.3) is 0 Å². The molecule has 7 atom stereocenters. The molecule has 1 spiro atoms. The molecule has 0 saturated carbocycles. The van der Waals surface area contributed by atoms with Gasteiger partial charge in [0, 0.05) is 35.8 Å². The van der Waals surface area contributed by atoms with E-state index in [2.05, 4.69) is 72.6 Å². The lowest BCUT2D eigenvalue weighted by atomic mass is 9.62. The molecular formula is C48H27N. The van der Waals surface area contributed by atoms with Gasteiger partial charge in [0.05, 0.1) is 0 Å². The van der Waals surface area contributed by atoms with Gasteiger partial charge in [0.1, 0.15) is 0 Å². The van der Waals surface area contributed by atoms with Crippen molar-refractivity contribution in [2.45, 2.75) is 48.5 Å². The van der Waals surface area contributed by atoms with E-state index in [0.717, 1.165) is 13.0 Å². The van der Waals surface area contributed by atoms with Crippen LogP contribution in [0.4, 0.5) is 0 Å². The van der Waals surface area contributed by atoms with Gasteiger partial charge in [-0.15, -0.1) is 0 Å². The summed E-state index contributed by atoms with van der Waals surface area (Å²) in [4.78, 5) is 2.76. The molecule has 0 radical (unpaired) electrons. The van der Waals surface area contributed by atoms with E-state index in [1.807, 2.05) is 0 Å². The Morgan fingerprint density at radius 2 is 1.39 bits per heavy atom. The summed E-state index contributed by atoms with van der Waals surface area (Å²) in [6.07, 6.45) is 12.1. The van der Waals surface area contributed by atoms with E-state index in [1.165, 1.54) is 18.4 Å². The first kappa shape index (κ1) is 22.1. The number of benzene rings is 6. The van der Waals surface area contributed by atoms with Gasteiger partial charge >= 0.3 is 0 Å². The molecule has 1 heterocycles. The molecule has 1 aliphatic heterocycles. The van der Waals surface area contributed by atoms with Crippen LogP contribution in [0.3, 0.4) is 0 Å². The van der Waals surface area contributed by atoms with Crippen molar-refractivity contribution in [3.63, 3.8) is 0 Å². The minimum Gasteiger partial charge on any atom is -0.297 e. The zero-order chi connectivity index (χ0) is 30.5. The third-order valence-corrected chi connectivity index (χ3v) is 16.9. The summed E-state index contributed by atoms with van der Waals surface area (Å²) in [5, 5.41) is 22.0. The average Bonchev–Trinajstić information content (AvgIpc) is 3.95. The van der Waals surface area contributed by atoms with E-state index >= 15 is 0 Å². The molecule has 18 rings (SSSR count). The van der Waals surface area contributed by atoms with E-state index in [-0.39, 0.29) is 5.41 Å². The monoisotopic (exact) mass is 617 g/mol. The molecular weight excluding hydrogens is 591 g/mol. The van der Waals surface area contributed by atoms with Crippen LogP contribution in [0.5, 0.6) is 0 Å². The zero-order valence-electron chi connectivity index (χ0n) is 27.0. The Kier molecular flexibility index (Phi) is 2.67. The fourth-order valence-electron chi connectivity index (χ4n) is 16.3. The van der Waals surface area contributed by atoms with Crippen molar-refractivity contribution >= 4 is 81.9 Å². The maximum Gasteiger partial charge on any atom is 0.0426 e. The van der Waals surface area contributed by atoms with E-state index < -0.39 is 0 Å². The highest BCUT2D eigenvalue weighted by molar-refractivity contribution is 6.51. The minimum absolute atomic E-state index is 0.0229. The molecule has 8 aromatic rings. The van der Waals surface area contributed by atoms with Crippen LogP contribution in [-0.4, -0.2) is 18.5 Å². The Labute approximate surface area is 280 Å². The SMILES string of the molecule is CN1CC23C=C4CC5C=C6Cc7cc8c9c%10c%11c%12c%13c(c6c7c9%12)C5c5c4c2c2c4c(cc6c(c4c%11c2c5%13)C%10C(C=6)C8)C3C1c1ccccc1. The largest absolute Gasteiger partial charge is 0.297 e. The molecule has 224 valence electrons. The molecule has 8 aromatic carbocycles. The van der Waals surface area contributed by atoms with Gasteiger partial charge in [0.2, 0.25) is 0 Å². The van der Waals surface area contributed by atoms with Crippen molar-refractivity contribution in [3.05, 3.63) is 121 Å². The van der Waals surface area contributed by atoms with Crippen molar-refractivity contribution in [1.29, 1.82) is 0 Å². The molecule has 0 aromatic heterocycles. The van der Waals surface area contributed by atoms with Crippen molar-refractivity contribution in [1.82, 2.24) is 4.90 Å². The fraction of sp³-hybridized carbons (Fsp3) is 0.250. The normalized spacial score (nSPS) is 32.7. The molecule has 7 unspecified atom stereocenters. The molecule has 10 aliphatic rings. The molecule has 1 fully saturated rings. The number of allylic oxidation sites excluding steroid dienone is 3. The number of hydrogen-bond acceptors (Lipinski definition) is 1. The summed E-state index contributed by atoms with van der Waals surface area (Å²) in [6, 6.07) is 17.5. The number of fused-ring (bicyclic) bond motifs is 1. The second-order valence-electron chi connectivity index (χ2n) is 18.2. The summed E-state index contributed by atoms with van der Waals surface area (Å²) in [7, 11) is 2.44. The predicted molar refractivity (Wildman–Crippen MR) is 198 cm³/mol. The second kappa shape index (κ2) is 5.92. The van der Waals surface area contributed by atoms with Gasteiger partial charge < -0.3 is 0 Å². The second-order valence-corrected chi connectivity index (χ2v) is 18.2. The van der Waals surface area contributed by atoms with Gasteiger partial charge in [-0.2, -0.15) is 0 Å². The summed E-state index contributed by atoms with van der Waals surface area (Å²) in [5.41, 5.74) is 22.1. The lowest BCUT2D eigenvalue weighted by Gasteiger charge is -2.39. The van der Waals surface area contributed by atoms with Crippen LogP contribution >= 0.6 is 0 Å². The van der Waals surface area contributed by atoms with Crippen LogP contribution in [0, 0.1) is 11.8 Å². The Morgan fingerprint density at radius 3 is 2.29 bits per heavy atom. The summed E-state index contributed by atoms with van der Waals surface area (Å²) < 4.78 is 0. The van der Waals surface area contributed by atoms with E-state index in [4.69, 9.17) is 0 Å². The first-order valence-electron chi connectivity index (χ1n) is 19.0. The number of likely N-dealkylation sites (N-methyl/N-ethyl adjacent to an activating group) is 1. The molecule has 1 nitrogen and oxygen atoms in total. The zero-order valence-corrected chi connectivity index (χ0v) is 27.0. The summed E-state index contributed by atoms with van der Waals surface area (Å²) in [5.74, 6) is 2.65. The topological polar surface area (TPSA) is 3.24 Å². The number of hydrogen-bond donors (Lipinski definition) is 0. The highest BCUT2D eigenvalue weighted by atomic mass is 15.2. The van der Waals surface area contributed by atoms with Gasteiger partial charge in [0.15, 0.2) is 0 Å². The van der Waals surface area contributed by atoms with E-state index in [9.17, 15) is 0 Å². The lowest BCUT2D eigenvalue weighted by Crippen LogP contribution is -2.34. The highest BCUT2D eigenvalue weighted by Crippen LogP contribution is 2.76. The smallest absolute Gasteiger partial charge is 0.0426 e. The van der Waals surface area contributed by atoms with Crippen LogP contribution in [-0.2, 0) is 18.3 Å². The van der Waals surface area contributed by atoms with Crippen molar-refractivity contribution in [2.75, 3.05) is 13.6 Å². The number of rotatable bonds is 1. The summed E-state index contributed by atoms with van der Waals surface area (Å²) in [6.45, 7) is 1.11. The van der Waals surface area contributed by atoms with E-state index in [1.54, 1.807) is 137 Å². The van der Waals surface area contributed by atoms with Crippen molar-refractivity contribution in [3.8, 4) is 0 Å². The van der Waals surface area contributed by atoms with Crippen LogP contribution in [0.15, 0.2) is 54.6 Å². The van der Waals surface area contributed by atoms with E-state index in [0.29, 0.717) is 35.6 Å². The Morgan fingerprint density at radius 1 is 0.633 bits per heavy atom. The predicted octanol–water partition coefficient (Wildman–Crippen LogP) is 9.45. The minimum atomic E-state index is 0.0229. The van der Waals surface area contributed by atoms with Crippen LogP contribution in [0.1, 0.15) is 91.4 Å². The molecule has 0 N–H and O–H groups in total. The van der Waals surface area contributed by atoms with Crippen molar-refractivity contribution in [2.24, 2.45) is 11.8 Å². The van der Waals surface area contributed by atoms with Gasteiger partial charge in [-0.05, 0) is 180 Å². The number of nitrogens with zero attached hydrogens (tertiary/aromatic N) is 1. The molecule has 9 aliphatic carbocycles. The standard InChI is InChI=1S/C48H27N/c1-49-15-48-14-23-12-21-10-18-7-17-8-20-9-19-11-22-13-24(45(48)47(49)16-5-3-2-4-6-16)32-37-28(22)27(19)34-29(20)33-25(17)26(18)35-30(21)36-31(23)46(48)44(32)43-41(36)39(35)38(33)40(34)42(37)43/h2-6,8,10-11,13-14,19,21,27,30,45,47H,7,9,12,15H2,1H3.